The summed E-state index contributed by atoms with van der Waals surface area (Å²) in [6.07, 6.45) is -0.451. The molecule has 0 aliphatic carbocycles. The van der Waals surface area contributed by atoms with Gasteiger partial charge in [0, 0.05) is 6.54 Å². The van der Waals surface area contributed by atoms with Crippen LogP contribution >= 0.6 is 23.2 Å². The zero-order valence-corrected chi connectivity index (χ0v) is 18.2. The SMILES string of the molecule is CC(C)(C)OC(=O)NCCOCCOCCOCCn1nnc(CCl)c1CCl. The fourth-order valence-corrected chi connectivity index (χ4v) is 2.53. The van der Waals surface area contributed by atoms with E-state index in [9.17, 15) is 4.79 Å². The van der Waals surface area contributed by atoms with Crippen LogP contribution in [0, 0.1) is 0 Å². The number of hydrogen-bond acceptors (Lipinski definition) is 7. The van der Waals surface area contributed by atoms with Gasteiger partial charge in [-0.25, -0.2) is 9.48 Å². The first-order valence-corrected chi connectivity index (χ1v) is 10.2. The van der Waals surface area contributed by atoms with E-state index in [1.165, 1.54) is 0 Å². The minimum Gasteiger partial charge on any atom is -0.444 e. The van der Waals surface area contributed by atoms with Crippen molar-refractivity contribution in [3.05, 3.63) is 11.4 Å². The Labute approximate surface area is 175 Å². The van der Waals surface area contributed by atoms with Gasteiger partial charge in [0.25, 0.3) is 0 Å². The quantitative estimate of drug-likeness (QED) is 0.350. The van der Waals surface area contributed by atoms with Gasteiger partial charge in [-0.15, -0.1) is 28.3 Å². The third-order valence-electron chi connectivity index (χ3n) is 3.28. The maximum Gasteiger partial charge on any atom is 0.407 e. The van der Waals surface area contributed by atoms with Gasteiger partial charge >= 0.3 is 6.09 Å². The Morgan fingerprint density at radius 1 is 1.00 bits per heavy atom. The van der Waals surface area contributed by atoms with Crippen molar-refractivity contribution < 1.29 is 23.7 Å². The average Bonchev–Trinajstić information content (AvgIpc) is 3.03. The Bertz CT molecular complexity index is 566. The first-order valence-electron chi connectivity index (χ1n) is 9.10. The fraction of sp³-hybridized carbons (Fsp3) is 0.824. The molecule has 1 aromatic rings. The molecule has 0 saturated heterocycles. The Morgan fingerprint density at radius 2 is 1.61 bits per heavy atom. The summed E-state index contributed by atoms with van der Waals surface area (Å²) in [7, 11) is 0. The molecule has 1 N–H and O–H groups in total. The second-order valence-electron chi connectivity index (χ2n) is 6.74. The molecule has 162 valence electrons. The second kappa shape index (κ2) is 13.9. The number of nitrogens with zero attached hydrogens (tertiary/aromatic N) is 3. The molecule has 0 aliphatic rings. The lowest BCUT2D eigenvalue weighted by molar-refractivity contribution is 0.0122. The first-order chi connectivity index (χ1) is 13.4. The van der Waals surface area contributed by atoms with Gasteiger partial charge in [-0.05, 0) is 20.8 Å². The number of carbonyl (C=O) groups excluding carboxylic acids is 1. The summed E-state index contributed by atoms with van der Waals surface area (Å²) in [5, 5.41) is 10.6. The van der Waals surface area contributed by atoms with E-state index in [2.05, 4.69) is 15.6 Å². The van der Waals surface area contributed by atoms with Crippen molar-refractivity contribution in [3.8, 4) is 0 Å². The molecule has 1 amide bonds. The standard InChI is InChI=1S/C17H30Cl2N4O5/c1-17(2,3)28-16(24)20-4-6-25-8-10-27-11-9-26-7-5-23-15(13-19)14(12-18)21-22-23/h4-13H2,1-3H3,(H,20,24). The molecule has 0 radical (unpaired) electrons. The Morgan fingerprint density at radius 3 is 2.18 bits per heavy atom. The number of hydrogen-bond donors (Lipinski definition) is 1. The van der Waals surface area contributed by atoms with Crippen LogP contribution in [-0.4, -0.2) is 72.9 Å². The number of alkyl halides is 2. The van der Waals surface area contributed by atoms with Crippen molar-refractivity contribution in [2.45, 2.75) is 44.7 Å². The van der Waals surface area contributed by atoms with Crippen LogP contribution in [0.25, 0.3) is 0 Å². The number of nitrogens with one attached hydrogen (secondary N) is 1. The van der Waals surface area contributed by atoms with Crippen molar-refractivity contribution in [1.82, 2.24) is 20.3 Å². The third-order valence-corrected chi connectivity index (χ3v) is 3.78. The number of ether oxygens (including phenoxy) is 4. The highest BCUT2D eigenvalue weighted by atomic mass is 35.5. The van der Waals surface area contributed by atoms with Crippen LogP contribution in [0.5, 0.6) is 0 Å². The summed E-state index contributed by atoms with van der Waals surface area (Å²) >= 11 is 11.7. The molecule has 0 spiro atoms. The second-order valence-corrected chi connectivity index (χ2v) is 7.27. The van der Waals surface area contributed by atoms with Gasteiger partial charge in [-0.1, -0.05) is 5.21 Å². The molecule has 0 aliphatic heterocycles. The van der Waals surface area contributed by atoms with Crippen LogP contribution in [-0.2, 0) is 37.3 Å². The van der Waals surface area contributed by atoms with Crippen molar-refractivity contribution in [1.29, 1.82) is 0 Å². The van der Waals surface area contributed by atoms with Gasteiger partial charge in [0.05, 0.1) is 63.6 Å². The number of aromatic nitrogens is 3. The van der Waals surface area contributed by atoms with E-state index in [0.29, 0.717) is 64.3 Å². The van der Waals surface area contributed by atoms with Crippen molar-refractivity contribution >= 4 is 29.3 Å². The molecule has 1 aromatic heterocycles. The van der Waals surface area contributed by atoms with Crippen LogP contribution in [0.2, 0.25) is 0 Å². The first kappa shape index (κ1) is 24.9. The summed E-state index contributed by atoms with van der Waals surface area (Å²) in [5.74, 6) is 0.599. The lowest BCUT2D eigenvalue weighted by Gasteiger charge is -2.19. The van der Waals surface area contributed by atoms with E-state index in [4.69, 9.17) is 42.1 Å². The van der Waals surface area contributed by atoms with Crippen molar-refractivity contribution in [2.75, 3.05) is 46.2 Å². The monoisotopic (exact) mass is 440 g/mol. The van der Waals surface area contributed by atoms with Gasteiger partial charge in [-0.2, -0.15) is 0 Å². The molecule has 0 atom stereocenters. The fourth-order valence-electron chi connectivity index (χ4n) is 2.03. The van der Waals surface area contributed by atoms with Gasteiger partial charge in [0.1, 0.15) is 11.3 Å². The van der Waals surface area contributed by atoms with Crippen molar-refractivity contribution in [3.63, 3.8) is 0 Å². The highest BCUT2D eigenvalue weighted by molar-refractivity contribution is 6.18. The summed E-state index contributed by atoms with van der Waals surface area (Å²) in [4.78, 5) is 11.4. The topological polar surface area (TPSA) is 96.7 Å². The van der Waals surface area contributed by atoms with E-state index < -0.39 is 11.7 Å². The van der Waals surface area contributed by atoms with Gasteiger partial charge in [-0.3, -0.25) is 0 Å². The Kier molecular flexibility index (Phi) is 12.4. The van der Waals surface area contributed by atoms with E-state index >= 15 is 0 Å². The van der Waals surface area contributed by atoms with Gasteiger partial charge < -0.3 is 24.3 Å². The summed E-state index contributed by atoms with van der Waals surface area (Å²) in [6, 6.07) is 0. The molecule has 1 heterocycles. The zero-order valence-electron chi connectivity index (χ0n) is 16.7. The molecule has 0 fully saturated rings. The number of carbonyl (C=O) groups is 1. The predicted molar refractivity (Wildman–Crippen MR) is 106 cm³/mol. The third kappa shape index (κ3) is 11.0. The minimum atomic E-state index is -0.504. The molecule has 1 rings (SSSR count). The molecule has 11 heteroatoms. The largest absolute Gasteiger partial charge is 0.444 e. The number of halogens is 2. The number of amides is 1. The molecule has 0 saturated carbocycles. The maximum absolute atomic E-state index is 11.4. The van der Waals surface area contributed by atoms with E-state index in [0.717, 1.165) is 5.69 Å². The minimum absolute atomic E-state index is 0.288. The molecular weight excluding hydrogens is 411 g/mol. The predicted octanol–water partition coefficient (Wildman–Crippen LogP) is 2.33. The van der Waals surface area contributed by atoms with E-state index in [-0.39, 0.29) is 5.88 Å². The highest BCUT2D eigenvalue weighted by Crippen LogP contribution is 2.11. The summed E-state index contributed by atoms with van der Waals surface area (Å²) < 4.78 is 23.1. The maximum atomic E-state index is 11.4. The lowest BCUT2D eigenvalue weighted by Crippen LogP contribution is -2.34. The number of alkyl carbamates (subject to hydrolysis) is 1. The molecule has 0 bridgehead atoms. The van der Waals surface area contributed by atoms with Crippen LogP contribution in [0.4, 0.5) is 4.79 Å². The highest BCUT2D eigenvalue weighted by Gasteiger charge is 2.15. The zero-order chi connectivity index (χ0) is 20.8. The van der Waals surface area contributed by atoms with Crippen LogP contribution in [0.1, 0.15) is 32.2 Å². The number of rotatable bonds is 14. The summed E-state index contributed by atoms with van der Waals surface area (Å²) in [6.45, 7) is 9.07. The van der Waals surface area contributed by atoms with Crippen LogP contribution < -0.4 is 5.32 Å². The van der Waals surface area contributed by atoms with Gasteiger partial charge in [0.15, 0.2) is 0 Å². The molecular formula is C17H30Cl2N4O5. The lowest BCUT2D eigenvalue weighted by atomic mass is 10.2. The molecule has 9 nitrogen and oxygen atoms in total. The molecule has 28 heavy (non-hydrogen) atoms. The average molecular weight is 441 g/mol. The Hall–Kier alpha value is -1.13. The Balaban J connectivity index is 1.92. The van der Waals surface area contributed by atoms with Crippen LogP contribution in [0.15, 0.2) is 0 Å². The van der Waals surface area contributed by atoms with Crippen molar-refractivity contribution in [2.24, 2.45) is 0 Å². The van der Waals surface area contributed by atoms with E-state index in [1.54, 1.807) is 4.68 Å². The smallest absolute Gasteiger partial charge is 0.407 e. The normalized spacial score (nSPS) is 11.6. The van der Waals surface area contributed by atoms with Crippen LogP contribution in [0.3, 0.4) is 0 Å². The van der Waals surface area contributed by atoms with E-state index in [1.807, 2.05) is 20.8 Å². The summed E-state index contributed by atoms with van der Waals surface area (Å²) in [5.41, 5.74) is 1.01. The molecule has 0 aromatic carbocycles. The molecule has 0 unspecified atom stereocenters. The van der Waals surface area contributed by atoms with Gasteiger partial charge in [0.2, 0.25) is 0 Å².